The van der Waals surface area contributed by atoms with Crippen LogP contribution in [0.1, 0.15) is 11.3 Å². The number of ether oxygens (including phenoxy) is 1. The van der Waals surface area contributed by atoms with E-state index in [-0.39, 0.29) is 18.4 Å². The molecule has 2 aromatic rings. The first-order chi connectivity index (χ1) is 13.4. The molecule has 2 N–H and O–H groups in total. The summed E-state index contributed by atoms with van der Waals surface area (Å²) in [4.78, 5) is 33.0. The summed E-state index contributed by atoms with van der Waals surface area (Å²) in [5.41, 5.74) is 2.27. The number of piperazine rings is 1. The van der Waals surface area contributed by atoms with Crippen LogP contribution >= 0.6 is 11.3 Å². The molecule has 1 aliphatic rings. The molecule has 2 heterocycles. The number of urea groups is 1. The minimum Gasteiger partial charge on any atom is -0.495 e. The number of anilines is 2. The highest BCUT2D eigenvalue weighted by atomic mass is 32.1. The van der Waals surface area contributed by atoms with Crippen LogP contribution in [0.25, 0.3) is 0 Å². The van der Waals surface area contributed by atoms with Crippen LogP contribution in [-0.2, 0) is 11.2 Å². The second-order valence-electron chi connectivity index (χ2n) is 6.79. The number of thiazole rings is 1. The molecule has 0 aliphatic carbocycles. The van der Waals surface area contributed by atoms with Crippen LogP contribution in [0, 0.1) is 6.92 Å². The summed E-state index contributed by atoms with van der Waals surface area (Å²) in [6.45, 7) is 5.06. The van der Waals surface area contributed by atoms with Gasteiger partial charge in [-0.3, -0.25) is 10.1 Å². The van der Waals surface area contributed by atoms with E-state index in [2.05, 4.69) is 20.5 Å². The van der Waals surface area contributed by atoms with Gasteiger partial charge < -0.3 is 19.9 Å². The van der Waals surface area contributed by atoms with Crippen molar-refractivity contribution < 1.29 is 14.3 Å². The Kier molecular flexibility index (Phi) is 6.48. The fraction of sp³-hybridized carbons (Fsp3) is 0.421. The molecule has 1 fully saturated rings. The molecule has 3 amide bonds. The third-order valence-corrected chi connectivity index (χ3v) is 5.33. The number of hydrogen-bond donors (Lipinski definition) is 2. The zero-order valence-corrected chi connectivity index (χ0v) is 17.1. The minimum absolute atomic E-state index is 0.123. The summed E-state index contributed by atoms with van der Waals surface area (Å²) in [5.74, 6) is 0.420. The fourth-order valence-corrected chi connectivity index (χ4v) is 3.60. The van der Waals surface area contributed by atoms with E-state index in [1.807, 2.05) is 32.2 Å². The fourth-order valence-electron chi connectivity index (χ4n) is 2.90. The number of amides is 3. The van der Waals surface area contributed by atoms with Gasteiger partial charge in [0.15, 0.2) is 5.13 Å². The maximum atomic E-state index is 12.4. The quantitative estimate of drug-likeness (QED) is 0.801. The van der Waals surface area contributed by atoms with Crippen molar-refractivity contribution in [2.24, 2.45) is 0 Å². The molecule has 1 saturated heterocycles. The highest BCUT2D eigenvalue weighted by Crippen LogP contribution is 2.25. The highest BCUT2D eigenvalue weighted by Gasteiger charge is 2.20. The molecule has 0 bridgehead atoms. The average Bonchev–Trinajstić information content (AvgIpc) is 3.09. The highest BCUT2D eigenvalue weighted by molar-refractivity contribution is 7.13. The number of benzene rings is 1. The summed E-state index contributed by atoms with van der Waals surface area (Å²) >= 11 is 1.32. The van der Waals surface area contributed by atoms with Gasteiger partial charge in [0.1, 0.15) is 5.75 Å². The molecule has 0 radical (unpaired) electrons. The second kappa shape index (κ2) is 9.03. The normalized spacial score (nSPS) is 14.6. The Hall–Kier alpha value is -2.65. The molecule has 1 aliphatic heterocycles. The Morgan fingerprint density at radius 3 is 2.68 bits per heavy atom. The lowest BCUT2D eigenvalue weighted by Gasteiger charge is -2.32. The molecule has 0 atom stereocenters. The van der Waals surface area contributed by atoms with Gasteiger partial charge in [-0.2, -0.15) is 0 Å². The lowest BCUT2D eigenvalue weighted by Crippen LogP contribution is -2.48. The van der Waals surface area contributed by atoms with E-state index in [1.165, 1.54) is 11.3 Å². The van der Waals surface area contributed by atoms with Crippen molar-refractivity contribution in [1.82, 2.24) is 14.8 Å². The van der Waals surface area contributed by atoms with Crippen LogP contribution in [0.5, 0.6) is 5.75 Å². The number of aryl methyl sites for hydroxylation is 1. The number of carbonyl (C=O) groups excluding carboxylic acids is 2. The van der Waals surface area contributed by atoms with Gasteiger partial charge in [-0.05, 0) is 31.7 Å². The average molecular weight is 404 g/mol. The van der Waals surface area contributed by atoms with E-state index in [0.29, 0.717) is 35.4 Å². The van der Waals surface area contributed by atoms with Gasteiger partial charge in [-0.15, -0.1) is 11.3 Å². The number of likely N-dealkylation sites (N-methyl/N-ethyl adjacent to an activating group) is 1. The van der Waals surface area contributed by atoms with Crippen molar-refractivity contribution in [2.75, 3.05) is 51.0 Å². The van der Waals surface area contributed by atoms with Crippen LogP contribution in [0.4, 0.5) is 15.6 Å². The minimum atomic E-state index is -0.189. The maximum Gasteiger partial charge on any atom is 0.323 e. The molecule has 0 saturated carbocycles. The van der Waals surface area contributed by atoms with E-state index in [9.17, 15) is 9.59 Å². The molecular formula is C19H25N5O3S. The first kappa shape index (κ1) is 20.1. The molecule has 8 nitrogen and oxygen atoms in total. The lowest BCUT2D eigenvalue weighted by atomic mass is 10.2. The molecule has 150 valence electrons. The Morgan fingerprint density at radius 1 is 1.21 bits per heavy atom. The number of aromatic nitrogens is 1. The van der Waals surface area contributed by atoms with Crippen LogP contribution in [0.2, 0.25) is 0 Å². The predicted molar refractivity (Wildman–Crippen MR) is 110 cm³/mol. The van der Waals surface area contributed by atoms with E-state index in [4.69, 9.17) is 4.74 Å². The molecule has 1 aromatic heterocycles. The zero-order chi connectivity index (χ0) is 20.1. The van der Waals surface area contributed by atoms with Crippen molar-refractivity contribution in [1.29, 1.82) is 0 Å². The molecule has 1 aromatic carbocycles. The van der Waals surface area contributed by atoms with Crippen LogP contribution in [0.15, 0.2) is 23.6 Å². The van der Waals surface area contributed by atoms with Gasteiger partial charge in [0.2, 0.25) is 5.91 Å². The van der Waals surface area contributed by atoms with Crippen molar-refractivity contribution in [3.63, 3.8) is 0 Å². The topological polar surface area (TPSA) is 86.8 Å². The molecular weight excluding hydrogens is 378 g/mol. The summed E-state index contributed by atoms with van der Waals surface area (Å²) in [6.07, 6.45) is 0.123. The number of hydrogen-bond acceptors (Lipinski definition) is 6. The number of nitrogens with zero attached hydrogens (tertiary/aromatic N) is 3. The molecule has 3 rings (SSSR count). The van der Waals surface area contributed by atoms with E-state index in [0.717, 1.165) is 18.7 Å². The molecule has 0 unspecified atom stereocenters. The Labute approximate surface area is 168 Å². The lowest BCUT2D eigenvalue weighted by molar-refractivity contribution is -0.115. The first-order valence-electron chi connectivity index (χ1n) is 9.08. The third-order valence-electron chi connectivity index (χ3n) is 4.53. The van der Waals surface area contributed by atoms with Crippen molar-refractivity contribution in [2.45, 2.75) is 13.3 Å². The van der Waals surface area contributed by atoms with Crippen LogP contribution in [0.3, 0.4) is 0 Å². The SMILES string of the molecule is COc1ccc(C)cc1NC(=O)Cc1csc(NC(=O)N2CCN(C)CC2)n1. The van der Waals surface area contributed by atoms with E-state index in [1.54, 1.807) is 17.4 Å². The largest absolute Gasteiger partial charge is 0.495 e. The van der Waals surface area contributed by atoms with E-state index < -0.39 is 0 Å². The molecule has 9 heteroatoms. The van der Waals surface area contributed by atoms with Gasteiger partial charge in [-0.25, -0.2) is 9.78 Å². The smallest absolute Gasteiger partial charge is 0.323 e. The Morgan fingerprint density at radius 2 is 1.96 bits per heavy atom. The Balaban J connectivity index is 1.55. The summed E-state index contributed by atoms with van der Waals surface area (Å²) in [7, 11) is 3.61. The van der Waals surface area contributed by atoms with Gasteiger partial charge in [0, 0.05) is 31.6 Å². The zero-order valence-electron chi connectivity index (χ0n) is 16.3. The summed E-state index contributed by atoms with van der Waals surface area (Å²) in [5, 5.41) is 7.96. The van der Waals surface area contributed by atoms with Crippen LogP contribution < -0.4 is 15.4 Å². The molecule has 0 spiro atoms. The number of nitrogens with one attached hydrogen (secondary N) is 2. The number of rotatable bonds is 5. The predicted octanol–water partition coefficient (Wildman–Crippen LogP) is 2.42. The number of methoxy groups -OCH3 is 1. The maximum absolute atomic E-state index is 12.4. The second-order valence-corrected chi connectivity index (χ2v) is 7.65. The first-order valence-corrected chi connectivity index (χ1v) is 9.96. The Bertz CT molecular complexity index is 846. The van der Waals surface area contributed by atoms with E-state index >= 15 is 0 Å². The monoisotopic (exact) mass is 403 g/mol. The number of carbonyl (C=O) groups is 2. The van der Waals surface area contributed by atoms with Crippen molar-refractivity contribution >= 4 is 34.1 Å². The molecule has 28 heavy (non-hydrogen) atoms. The standard InChI is InChI=1S/C19H25N5O3S/c1-13-4-5-16(27-3)15(10-13)21-17(25)11-14-12-28-18(20-14)22-19(26)24-8-6-23(2)7-9-24/h4-5,10,12H,6-9,11H2,1-3H3,(H,21,25)(H,20,22,26). The van der Waals surface area contributed by atoms with Gasteiger partial charge in [0.25, 0.3) is 0 Å². The van der Waals surface area contributed by atoms with Crippen molar-refractivity contribution in [3.8, 4) is 5.75 Å². The van der Waals surface area contributed by atoms with Gasteiger partial charge in [-0.1, -0.05) is 6.07 Å². The summed E-state index contributed by atoms with van der Waals surface area (Å²) in [6, 6.07) is 5.45. The van der Waals surface area contributed by atoms with Crippen molar-refractivity contribution in [3.05, 3.63) is 34.8 Å². The summed E-state index contributed by atoms with van der Waals surface area (Å²) < 4.78 is 5.28. The third kappa shape index (κ3) is 5.20. The van der Waals surface area contributed by atoms with Crippen LogP contribution in [-0.4, -0.2) is 67.1 Å². The van der Waals surface area contributed by atoms with Gasteiger partial charge in [0.05, 0.1) is 24.9 Å². The van der Waals surface area contributed by atoms with Gasteiger partial charge >= 0.3 is 6.03 Å².